The second kappa shape index (κ2) is 5.43. The minimum absolute atomic E-state index is 0.259. The van der Waals surface area contributed by atoms with E-state index in [0.717, 1.165) is 23.8 Å². The number of aromatic nitrogens is 1. The monoisotopic (exact) mass is 275 g/mol. The highest BCUT2D eigenvalue weighted by molar-refractivity contribution is 7.90. The van der Waals surface area contributed by atoms with E-state index in [2.05, 4.69) is 15.0 Å². The van der Waals surface area contributed by atoms with Crippen molar-refractivity contribution in [2.45, 2.75) is 31.6 Å². The standard InChI is InChI=1S/C10H17N3O2S2/c1-8-7-16-10(13-8)6-12-17(14,15)9-2-4-11-5-3-9/h7,9,11-12H,2-6H2,1H3. The lowest BCUT2D eigenvalue weighted by atomic mass is 10.2. The first-order valence-corrected chi connectivity index (χ1v) is 8.11. The van der Waals surface area contributed by atoms with Crippen molar-refractivity contribution in [3.05, 3.63) is 16.1 Å². The van der Waals surface area contributed by atoms with Crippen LogP contribution in [0.3, 0.4) is 0 Å². The molecule has 2 rings (SSSR count). The van der Waals surface area contributed by atoms with Crippen LogP contribution in [0, 0.1) is 6.92 Å². The van der Waals surface area contributed by atoms with Gasteiger partial charge < -0.3 is 5.32 Å². The van der Waals surface area contributed by atoms with Crippen molar-refractivity contribution in [2.24, 2.45) is 0 Å². The largest absolute Gasteiger partial charge is 0.317 e. The number of rotatable bonds is 4. The van der Waals surface area contributed by atoms with Crippen molar-refractivity contribution in [1.82, 2.24) is 15.0 Å². The average molecular weight is 275 g/mol. The smallest absolute Gasteiger partial charge is 0.214 e. The molecule has 0 bridgehead atoms. The first-order chi connectivity index (χ1) is 8.08. The molecule has 2 N–H and O–H groups in total. The Bertz CT molecular complexity index is 464. The number of hydrogen-bond donors (Lipinski definition) is 2. The summed E-state index contributed by atoms with van der Waals surface area (Å²) < 4.78 is 26.7. The molecule has 0 aliphatic carbocycles. The summed E-state index contributed by atoms with van der Waals surface area (Å²) in [5.41, 5.74) is 0.936. The van der Waals surface area contributed by atoms with Crippen LogP contribution < -0.4 is 10.0 Å². The maximum atomic E-state index is 12.0. The molecule has 96 valence electrons. The van der Waals surface area contributed by atoms with Crippen LogP contribution >= 0.6 is 11.3 Å². The van der Waals surface area contributed by atoms with Gasteiger partial charge in [-0.25, -0.2) is 18.1 Å². The van der Waals surface area contributed by atoms with E-state index in [0.29, 0.717) is 19.4 Å². The van der Waals surface area contributed by atoms with Gasteiger partial charge in [-0.1, -0.05) is 0 Å². The molecule has 17 heavy (non-hydrogen) atoms. The number of sulfonamides is 1. The van der Waals surface area contributed by atoms with Gasteiger partial charge in [-0.15, -0.1) is 11.3 Å². The third kappa shape index (κ3) is 3.48. The second-order valence-corrected chi connectivity index (χ2v) is 7.19. The molecule has 0 aromatic carbocycles. The fourth-order valence-corrected chi connectivity index (χ4v) is 4.10. The van der Waals surface area contributed by atoms with Crippen molar-refractivity contribution in [1.29, 1.82) is 0 Å². The van der Waals surface area contributed by atoms with Crippen LogP contribution in [0.1, 0.15) is 23.5 Å². The zero-order valence-corrected chi connectivity index (χ0v) is 11.4. The van der Waals surface area contributed by atoms with Crippen molar-refractivity contribution in [3.63, 3.8) is 0 Å². The lowest BCUT2D eigenvalue weighted by Crippen LogP contribution is -2.41. The molecule has 0 spiro atoms. The maximum absolute atomic E-state index is 12.0. The summed E-state index contributed by atoms with van der Waals surface area (Å²) in [6.45, 7) is 3.77. The minimum Gasteiger partial charge on any atom is -0.317 e. The van der Waals surface area contributed by atoms with E-state index in [1.807, 2.05) is 12.3 Å². The molecule has 0 radical (unpaired) electrons. The third-order valence-corrected chi connectivity index (χ3v) is 5.68. The molecule has 1 fully saturated rings. The van der Waals surface area contributed by atoms with E-state index in [4.69, 9.17) is 0 Å². The minimum atomic E-state index is -3.20. The van der Waals surface area contributed by atoms with Gasteiger partial charge >= 0.3 is 0 Å². The fourth-order valence-electron chi connectivity index (χ4n) is 1.87. The molecular formula is C10H17N3O2S2. The Kier molecular flexibility index (Phi) is 4.13. The number of piperidine rings is 1. The van der Waals surface area contributed by atoms with Crippen molar-refractivity contribution >= 4 is 21.4 Å². The van der Waals surface area contributed by atoms with Crippen LogP contribution in [-0.2, 0) is 16.6 Å². The average Bonchev–Trinajstić information content (AvgIpc) is 2.74. The Morgan fingerprint density at radius 2 is 2.24 bits per heavy atom. The van der Waals surface area contributed by atoms with Crippen LogP contribution in [0.15, 0.2) is 5.38 Å². The summed E-state index contributed by atoms with van der Waals surface area (Å²) in [6.07, 6.45) is 1.37. The number of aryl methyl sites for hydroxylation is 1. The van der Waals surface area contributed by atoms with E-state index in [9.17, 15) is 8.42 Å². The number of thiazole rings is 1. The Balaban J connectivity index is 1.92. The Labute approximate surface area is 106 Å². The molecule has 1 aromatic heterocycles. The number of hydrogen-bond acceptors (Lipinski definition) is 5. The fraction of sp³-hybridized carbons (Fsp3) is 0.700. The normalized spacial score (nSPS) is 18.4. The highest BCUT2D eigenvalue weighted by atomic mass is 32.2. The van der Waals surface area contributed by atoms with Crippen LogP contribution in [-0.4, -0.2) is 31.7 Å². The van der Waals surface area contributed by atoms with Gasteiger partial charge in [-0.05, 0) is 32.9 Å². The molecule has 5 nitrogen and oxygen atoms in total. The van der Waals surface area contributed by atoms with Crippen LogP contribution in [0.25, 0.3) is 0 Å². The number of nitrogens with one attached hydrogen (secondary N) is 2. The summed E-state index contributed by atoms with van der Waals surface area (Å²) in [5.74, 6) is 0. The SMILES string of the molecule is Cc1csc(CNS(=O)(=O)C2CCNCC2)n1. The lowest BCUT2D eigenvalue weighted by Gasteiger charge is -2.22. The van der Waals surface area contributed by atoms with E-state index >= 15 is 0 Å². The molecule has 2 heterocycles. The van der Waals surface area contributed by atoms with Gasteiger partial charge in [0.1, 0.15) is 5.01 Å². The van der Waals surface area contributed by atoms with Crippen LogP contribution in [0.5, 0.6) is 0 Å². The molecule has 0 atom stereocenters. The van der Waals surface area contributed by atoms with Crippen molar-refractivity contribution < 1.29 is 8.42 Å². The maximum Gasteiger partial charge on any atom is 0.214 e. The van der Waals surface area contributed by atoms with Gasteiger partial charge in [0.05, 0.1) is 11.8 Å². The summed E-state index contributed by atoms with van der Waals surface area (Å²) in [6, 6.07) is 0. The summed E-state index contributed by atoms with van der Waals surface area (Å²) in [4.78, 5) is 4.24. The number of nitrogens with zero attached hydrogens (tertiary/aromatic N) is 1. The Morgan fingerprint density at radius 1 is 1.53 bits per heavy atom. The summed E-state index contributed by atoms with van der Waals surface area (Å²) >= 11 is 1.49. The van der Waals surface area contributed by atoms with Crippen LogP contribution in [0.2, 0.25) is 0 Å². The molecule has 1 saturated heterocycles. The highest BCUT2D eigenvalue weighted by Gasteiger charge is 2.26. The third-order valence-electron chi connectivity index (χ3n) is 2.82. The molecule has 0 unspecified atom stereocenters. The zero-order chi connectivity index (χ0) is 12.3. The van der Waals surface area contributed by atoms with Crippen LogP contribution in [0.4, 0.5) is 0 Å². The predicted octanol–water partition coefficient (Wildman–Crippen LogP) is 0.623. The van der Waals surface area contributed by atoms with E-state index < -0.39 is 10.0 Å². The van der Waals surface area contributed by atoms with Gasteiger partial charge in [0, 0.05) is 11.1 Å². The topological polar surface area (TPSA) is 71.1 Å². The van der Waals surface area contributed by atoms with Gasteiger partial charge in [0.2, 0.25) is 10.0 Å². The van der Waals surface area contributed by atoms with Gasteiger partial charge in [0.25, 0.3) is 0 Å². The second-order valence-electron chi connectivity index (χ2n) is 4.20. The zero-order valence-electron chi connectivity index (χ0n) is 9.77. The molecule has 7 heteroatoms. The summed E-state index contributed by atoms with van der Waals surface area (Å²) in [7, 11) is -3.20. The van der Waals surface area contributed by atoms with E-state index in [1.165, 1.54) is 11.3 Å². The molecule has 1 aliphatic heterocycles. The predicted molar refractivity (Wildman–Crippen MR) is 68.5 cm³/mol. The van der Waals surface area contributed by atoms with Gasteiger partial charge in [-0.2, -0.15) is 0 Å². The first kappa shape index (κ1) is 12.9. The quantitative estimate of drug-likeness (QED) is 0.845. The van der Waals surface area contributed by atoms with Gasteiger partial charge in [-0.3, -0.25) is 0 Å². The van der Waals surface area contributed by atoms with Gasteiger partial charge in [0.15, 0.2) is 0 Å². The molecule has 1 aliphatic rings. The molecule has 0 saturated carbocycles. The Morgan fingerprint density at radius 3 is 2.82 bits per heavy atom. The lowest BCUT2D eigenvalue weighted by molar-refractivity contribution is 0.489. The first-order valence-electron chi connectivity index (χ1n) is 5.68. The van der Waals surface area contributed by atoms with E-state index in [1.54, 1.807) is 0 Å². The Hall–Kier alpha value is -0.500. The van der Waals surface area contributed by atoms with Crippen molar-refractivity contribution in [2.75, 3.05) is 13.1 Å². The highest BCUT2D eigenvalue weighted by Crippen LogP contribution is 2.14. The summed E-state index contributed by atoms with van der Waals surface area (Å²) in [5, 5.41) is 5.65. The molecule has 1 aromatic rings. The van der Waals surface area contributed by atoms with Crippen molar-refractivity contribution in [3.8, 4) is 0 Å². The van der Waals surface area contributed by atoms with E-state index in [-0.39, 0.29) is 5.25 Å². The molecule has 0 amide bonds. The molecular weight excluding hydrogens is 258 g/mol.